The van der Waals surface area contributed by atoms with Gasteiger partial charge in [0.25, 0.3) is 0 Å². The predicted octanol–water partition coefficient (Wildman–Crippen LogP) is 2.57. The molecule has 1 N–H and O–H groups in total. The Balaban J connectivity index is 1.97. The van der Waals surface area contributed by atoms with Gasteiger partial charge in [-0.3, -0.25) is 0 Å². The Kier molecular flexibility index (Phi) is 4.13. The van der Waals surface area contributed by atoms with E-state index < -0.39 is 0 Å². The lowest BCUT2D eigenvalue weighted by Crippen LogP contribution is -2.44. The molecule has 0 radical (unpaired) electrons. The van der Waals surface area contributed by atoms with Crippen LogP contribution in [0.5, 0.6) is 0 Å². The zero-order valence-corrected chi connectivity index (χ0v) is 10.6. The summed E-state index contributed by atoms with van der Waals surface area (Å²) in [6.45, 7) is 4.26. The van der Waals surface area contributed by atoms with Crippen molar-refractivity contribution in [2.45, 2.75) is 31.8 Å². The van der Waals surface area contributed by atoms with Crippen LogP contribution in [0.2, 0.25) is 0 Å². The fourth-order valence-corrected chi connectivity index (χ4v) is 2.57. The standard InChI is InChI=1S/C14H21FN2/c1-11(13-7-3-4-8-14(13)15)16-12-6-5-9-17(2)10-12/h3-4,7-8,11-12,16H,5-6,9-10H2,1-2H3. The van der Waals surface area contributed by atoms with Crippen LogP contribution in [-0.4, -0.2) is 31.1 Å². The lowest BCUT2D eigenvalue weighted by molar-refractivity contribution is 0.218. The minimum atomic E-state index is -0.114. The molecular formula is C14H21FN2. The van der Waals surface area contributed by atoms with Crippen molar-refractivity contribution in [3.63, 3.8) is 0 Å². The van der Waals surface area contributed by atoms with E-state index in [1.807, 2.05) is 19.1 Å². The van der Waals surface area contributed by atoms with Gasteiger partial charge in [0.2, 0.25) is 0 Å². The monoisotopic (exact) mass is 236 g/mol. The van der Waals surface area contributed by atoms with Gasteiger partial charge in [-0.05, 0) is 39.4 Å². The molecule has 94 valence electrons. The molecule has 1 aliphatic rings. The van der Waals surface area contributed by atoms with Crippen molar-refractivity contribution in [3.05, 3.63) is 35.6 Å². The van der Waals surface area contributed by atoms with E-state index in [0.717, 1.165) is 12.1 Å². The topological polar surface area (TPSA) is 15.3 Å². The summed E-state index contributed by atoms with van der Waals surface area (Å²) >= 11 is 0. The summed E-state index contributed by atoms with van der Waals surface area (Å²) in [4.78, 5) is 2.33. The van der Waals surface area contributed by atoms with E-state index in [1.54, 1.807) is 6.07 Å². The Morgan fingerprint density at radius 1 is 1.41 bits per heavy atom. The Morgan fingerprint density at radius 3 is 2.88 bits per heavy atom. The van der Waals surface area contributed by atoms with Gasteiger partial charge in [-0.2, -0.15) is 0 Å². The third kappa shape index (κ3) is 3.27. The fourth-order valence-electron chi connectivity index (χ4n) is 2.57. The van der Waals surface area contributed by atoms with Crippen molar-refractivity contribution >= 4 is 0 Å². The molecule has 1 aromatic rings. The lowest BCUT2D eigenvalue weighted by Gasteiger charge is -2.32. The van der Waals surface area contributed by atoms with Crippen LogP contribution < -0.4 is 5.32 Å². The van der Waals surface area contributed by atoms with Crippen molar-refractivity contribution in [2.24, 2.45) is 0 Å². The van der Waals surface area contributed by atoms with Crippen molar-refractivity contribution in [1.82, 2.24) is 10.2 Å². The quantitative estimate of drug-likeness (QED) is 0.867. The third-order valence-corrected chi connectivity index (χ3v) is 3.48. The summed E-state index contributed by atoms with van der Waals surface area (Å²) in [7, 11) is 2.14. The maximum absolute atomic E-state index is 13.6. The van der Waals surface area contributed by atoms with Gasteiger partial charge in [0.1, 0.15) is 5.82 Å². The van der Waals surface area contributed by atoms with E-state index in [2.05, 4.69) is 17.3 Å². The summed E-state index contributed by atoms with van der Waals surface area (Å²) in [5.74, 6) is -0.114. The SMILES string of the molecule is CC(NC1CCCN(C)C1)c1ccccc1F. The van der Waals surface area contributed by atoms with Gasteiger partial charge in [0.15, 0.2) is 0 Å². The molecule has 1 saturated heterocycles. The maximum atomic E-state index is 13.6. The fraction of sp³-hybridized carbons (Fsp3) is 0.571. The molecule has 0 amide bonds. The average Bonchev–Trinajstić information content (AvgIpc) is 2.29. The van der Waals surface area contributed by atoms with Crippen LogP contribution in [-0.2, 0) is 0 Å². The first-order valence-electron chi connectivity index (χ1n) is 6.36. The second kappa shape index (κ2) is 5.61. The number of nitrogens with one attached hydrogen (secondary N) is 1. The Labute approximate surface area is 103 Å². The number of hydrogen-bond donors (Lipinski definition) is 1. The second-order valence-electron chi connectivity index (χ2n) is 5.01. The Bertz CT molecular complexity index is 367. The largest absolute Gasteiger partial charge is 0.306 e. The number of piperidine rings is 1. The van der Waals surface area contributed by atoms with Gasteiger partial charge < -0.3 is 10.2 Å². The van der Waals surface area contributed by atoms with Gasteiger partial charge >= 0.3 is 0 Å². The zero-order valence-electron chi connectivity index (χ0n) is 10.6. The summed E-state index contributed by atoms with van der Waals surface area (Å²) in [6, 6.07) is 7.57. The molecular weight excluding hydrogens is 215 g/mol. The number of hydrogen-bond acceptors (Lipinski definition) is 2. The highest BCUT2D eigenvalue weighted by Gasteiger charge is 2.20. The molecule has 0 aliphatic carbocycles. The Morgan fingerprint density at radius 2 is 2.18 bits per heavy atom. The number of likely N-dealkylation sites (N-methyl/N-ethyl adjacent to an activating group) is 1. The molecule has 0 bridgehead atoms. The number of halogens is 1. The van der Waals surface area contributed by atoms with Crippen LogP contribution in [0.4, 0.5) is 4.39 Å². The lowest BCUT2D eigenvalue weighted by atomic mass is 10.0. The highest BCUT2D eigenvalue weighted by atomic mass is 19.1. The van der Waals surface area contributed by atoms with Crippen molar-refractivity contribution < 1.29 is 4.39 Å². The minimum Gasteiger partial charge on any atom is -0.306 e. The van der Waals surface area contributed by atoms with Crippen LogP contribution in [0, 0.1) is 5.82 Å². The van der Waals surface area contributed by atoms with Gasteiger partial charge in [-0.1, -0.05) is 18.2 Å². The molecule has 2 nitrogen and oxygen atoms in total. The summed E-state index contributed by atoms with van der Waals surface area (Å²) in [5.41, 5.74) is 0.765. The molecule has 1 heterocycles. The van der Waals surface area contributed by atoms with Gasteiger partial charge in [-0.15, -0.1) is 0 Å². The maximum Gasteiger partial charge on any atom is 0.127 e. The number of benzene rings is 1. The van der Waals surface area contributed by atoms with E-state index in [4.69, 9.17) is 0 Å². The third-order valence-electron chi connectivity index (χ3n) is 3.48. The molecule has 2 atom stereocenters. The van der Waals surface area contributed by atoms with Gasteiger partial charge in [-0.25, -0.2) is 4.39 Å². The number of rotatable bonds is 3. The number of likely N-dealkylation sites (tertiary alicyclic amines) is 1. The molecule has 0 spiro atoms. The van der Waals surface area contributed by atoms with Crippen molar-refractivity contribution in [1.29, 1.82) is 0 Å². The van der Waals surface area contributed by atoms with Crippen molar-refractivity contribution in [3.8, 4) is 0 Å². The average molecular weight is 236 g/mol. The van der Waals surface area contributed by atoms with Crippen LogP contribution in [0.25, 0.3) is 0 Å². The van der Waals surface area contributed by atoms with E-state index in [0.29, 0.717) is 6.04 Å². The zero-order chi connectivity index (χ0) is 12.3. The normalized spacial score (nSPS) is 23.6. The molecule has 0 aromatic heterocycles. The van der Waals surface area contributed by atoms with Gasteiger partial charge in [0.05, 0.1) is 0 Å². The molecule has 17 heavy (non-hydrogen) atoms. The van der Waals surface area contributed by atoms with E-state index in [-0.39, 0.29) is 11.9 Å². The smallest absolute Gasteiger partial charge is 0.127 e. The molecule has 2 unspecified atom stereocenters. The summed E-state index contributed by atoms with van der Waals surface area (Å²) in [5, 5.41) is 3.52. The first kappa shape index (κ1) is 12.5. The highest BCUT2D eigenvalue weighted by Crippen LogP contribution is 2.18. The van der Waals surface area contributed by atoms with E-state index >= 15 is 0 Å². The molecule has 1 aromatic carbocycles. The molecule has 3 heteroatoms. The summed E-state index contributed by atoms with van der Waals surface area (Å²) in [6.07, 6.45) is 2.40. The molecule has 0 saturated carbocycles. The van der Waals surface area contributed by atoms with E-state index in [9.17, 15) is 4.39 Å². The number of nitrogens with zero attached hydrogens (tertiary/aromatic N) is 1. The predicted molar refractivity (Wildman–Crippen MR) is 68.5 cm³/mol. The van der Waals surface area contributed by atoms with Crippen LogP contribution >= 0.6 is 0 Å². The van der Waals surface area contributed by atoms with Crippen LogP contribution in [0.15, 0.2) is 24.3 Å². The van der Waals surface area contributed by atoms with Crippen LogP contribution in [0.3, 0.4) is 0 Å². The van der Waals surface area contributed by atoms with E-state index in [1.165, 1.54) is 25.5 Å². The van der Waals surface area contributed by atoms with Crippen molar-refractivity contribution in [2.75, 3.05) is 20.1 Å². The Hall–Kier alpha value is -0.930. The first-order chi connectivity index (χ1) is 8.16. The minimum absolute atomic E-state index is 0.0766. The summed E-state index contributed by atoms with van der Waals surface area (Å²) < 4.78 is 13.6. The molecule has 1 aliphatic heterocycles. The molecule has 2 rings (SSSR count). The second-order valence-corrected chi connectivity index (χ2v) is 5.01. The first-order valence-corrected chi connectivity index (χ1v) is 6.36. The van der Waals surface area contributed by atoms with Gasteiger partial charge in [0, 0.05) is 24.2 Å². The highest BCUT2D eigenvalue weighted by molar-refractivity contribution is 5.20. The molecule has 1 fully saturated rings. The van der Waals surface area contributed by atoms with Crippen LogP contribution in [0.1, 0.15) is 31.4 Å².